The highest BCUT2D eigenvalue weighted by Gasteiger charge is 2.51. The molecule has 0 bridgehead atoms. The van der Waals surface area contributed by atoms with Crippen molar-refractivity contribution < 1.29 is 13.2 Å². The summed E-state index contributed by atoms with van der Waals surface area (Å²) in [7, 11) is 2.30. The van der Waals surface area contributed by atoms with Crippen LogP contribution in [-0.2, 0) is 0 Å². The van der Waals surface area contributed by atoms with Gasteiger partial charge in [-0.1, -0.05) is 77.4 Å². The molecule has 0 aromatic carbocycles. The Labute approximate surface area is 123 Å². The van der Waals surface area contributed by atoms with Crippen molar-refractivity contribution in [3.63, 3.8) is 0 Å². The van der Waals surface area contributed by atoms with E-state index in [-0.39, 0.29) is 18.2 Å². The van der Waals surface area contributed by atoms with Crippen LogP contribution in [0.4, 0.5) is 13.2 Å². The highest BCUT2D eigenvalue weighted by Crippen LogP contribution is 2.51. The maximum absolute atomic E-state index is 13.2. The molecular formula is C16H29BF3. The monoisotopic (exact) mass is 289 g/mol. The third-order valence-electron chi connectivity index (χ3n) is 5.10. The van der Waals surface area contributed by atoms with Gasteiger partial charge in [-0.25, -0.2) is 0 Å². The van der Waals surface area contributed by atoms with Crippen molar-refractivity contribution in [1.29, 1.82) is 0 Å². The van der Waals surface area contributed by atoms with E-state index in [9.17, 15) is 13.2 Å². The fourth-order valence-corrected chi connectivity index (χ4v) is 3.20. The summed E-state index contributed by atoms with van der Waals surface area (Å²) in [5.41, 5.74) is -1.48. The smallest absolute Gasteiger partial charge is 0.171 e. The van der Waals surface area contributed by atoms with E-state index in [2.05, 4.69) is 21.1 Å². The molecular weight excluding hydrogens is 260 g/mol. The molecule has 0 aliphatic carbocycles. The van der Waals surface area contributed by atoms with Gasteiger partial charge in [0.05, 0.1) is 5.41 Å². The molecule has 4 heteroatoms. The minimum Gasteiger partial charge on any atom is -0.171 e. The molecule has 0 N–H and O–H groups in total. The summed E-state index contributed by atoms with van der Waals surface area (Å²) < 4.78 is 39.7. The van der Waals surface area contributed by atoms with Crippen molar-refractivity contribution in [2.45, 2.75) is 96.4 Å². The zero-order chi connectivity index (χ0) is 15.3. The van der Waals surface area contributed by atoms with Crippen LogP contribution in [0, 0.1) is 5.41 Å². The summed E-state index contributed by atoms with van der Waals surface area (Å²) in [6.45, 7) is 5.75. The van der Waals surface area contributed by atoms with Gasteiger partial charge in [0.25, 0.3) is 0 Å². The maximum atomic E-state index is 13.2. The van der Waals surface area contributed by atoms with E-state index in [4.69, 9.17) is 0 Å². The van der Waals surface area contributed by atoms with Gasteiger partial charge in [-0.05, 0) is 12.8 Å². The van der Waals surface area contributed by atoms with Gasteiger partial charge in [0.1, 0.15) is 7.28 Å². The second-order valence-corrected chi connectivity index (χ2v) is 7.12. The Morgan fingerprint density at radius 1 is 1.00 bits per heavy atom. The Balaban J connectivity index is 2.58. The van der Waals surface area contributed by atoms with Gasteiger partial charge < -0.3 is 0 Å². The summed E-state index contributed by atoms with van der Waals surface area (Å²) in [6, 6.07) is 0. The molecule has 1 aliphatic heterocycles. The van der Waals surface area contributed by atoms with Gasteiger partial charge in [-0.2, -0.15) is 13.2 Å². The van der Waals surface area contributed by atoms with Crippen LogP contribution >= 0.6 is 0 Å². The van der Waals surface area contributed by atoms with Crippen molar-refractivity contribution in [1.82, 2.24) is 0 Å². The quantitative estimate of drug-likeness (QED) is 0.405. The first-order valence-corrected chi connectivity index (χ1v) is 8.14. The number of alkyl halides is 3. The van der Waals surface area contributed by atoms with E-state index in [0.717, 1.165) is 19.2 Å². The minimum absolute atomic E-state index is 0.000666. The highest BCUT2D eigenvalue weighted by molar-refractivity contribution is 6.39. The molecule has 1 radical (unpaired) electrons. The van der Waals surface area contributed by atoms with Gasteiger partial charge in [0.2, 0.25) is 0 Å². The molecule has 1 heterocycles. The fraction of sp³-hybridized carbons (Fsp3) is 1.00. The lowest BCUT2D eigenvalue weighted by atomic mass is 9.45. The average molecular weight is 289 g/mol. The summed E-state index contributed by atoms with van der Waals surface area (Å²) in [5, 5.41) is 0.000666. The maximum Gasteiger partial charge on any atom is 0.394 e. The Kier molecular flexibility index (Phi) is 6.46. The first-order chi connectivity index (χ1) is 9.22. The molecule has 0 aromatic rings. The van der Waals surface area contributed by atoms with Crippen LogP contribution < -0.4 is 0 Å². The van der Waals surface area contributed by atoms with Gasteiger partial charge in [0, 0.05) is 0 Å². The van der Waals surface area contributed by atoms with Crippen molar-refractivity contribution in [3.05, 3.63) is 0 Å². The van der Waals surface area contributed by atoms with Crippen LogP contribution in [0.1, 0.15) is 78.6 Å². The lowest BCUT2D eigenvalue weighted by Crippen LogP contribution is -2.37. The Morgan fingerprint density at radius 3 is 2.30 bits per heavy atom. The largest absolute Gasteiger partial charge is 0.394 e. The topological polar surface area (TPSA) is 0 Å². The zero-order valence-corrected chi connectivity index (χ0v) is 13.3. The number of hydrogen-bond donors (Lipinski definition) is 0. The summed E-state index contributed by atoms with van der Waals surface area (Å²) in [5.74, 6) is 0. The van der Waals surface area contributed by atoms with E-state index in [1.54, 1.807) is 0 Å². The normalized spacial score (nSPS) is 32.3. The molecule has 2 unspecified atom stereocenters. The fourth-order valence-electron chi connectivity index (χ4n) is 3.20. The van der Waals surface area contributed by atoms with Crippen LogP contribution in [-0.4, -0.2) is 13.5 Å². The lowest BCUT2D eigenvalue weighted by molar-refractivity contribution is -0.224. The molecule has 20 heavy (non-hydrogen) atoms. The van der Waals surface area contributed by atoms with Gasteiger partial charge in [0.15, 0.2) is 0 Å². The van der Waals surface area contributed by atoms with Crippen LogP contribution in [0.5, 0.6) is 0 Å². The molecule has 0 spiro atoms. The molecule has 1 fully saturated rings. The Bertz CT molecular complexity index is 290. The van der Waals surface area contributed by atoms with Gasteiger partial charge >= 0.3 is 6.18 Å². The van der Waals surface area contributed by atoms with E-state index in [0.29, 0.717) is 12.8 Å². The van der Waals surface area contributed by atoms with Gasteiger partial charge in [-0.3, -0.25) is 0 Å². The second-order valence-electron chi connectivity index (χ2n) is 7.12. The number of unbranched alkanes of at least 4 members (excludes halogenated alkanes) is 3. The number of rotatable bonds is 5. The standard InChI is InChI=1S/C16H29BF3/c1-4-5-6-7-10-15(3)12-11-14(2,16(18,19)20)9-8-13-17-15/h4-13H2,1-3H3. The summed E-state index contributed by atoms with van der Waals surface area (Å²) in [6.07, 6.45) is 4.49. The van der Waals surface area contributed by atoms with Crippen molar-refractivity contribution in [2.75, 3.05) is 0 Å². The molecule has 1 aliphatic rings. The highest BCUT2D eigenvalue weighted by atomic mass is 19.4. The van der Waals surface area contributed by atoms with Gasteiger partial charge in [-0.15, -0.1) is 0 Å². The van der Waals surface area contributed by atoms with E-state index < -0.39 is 11.6 Å². The molecule has 2 atom stereocenters. The number of halogens is 3. The predicted molar refractivity (Wildman–Crippen MR) is 80.3 cm³/mol. The molecule has 117 valence electrons. The third-order valence-corrected chi connectivity index (χ3v) is 5.10. The van der Waals surface area contributed by atoms with Crippen LogP contribution in [0.2, 0.25) is 11.6 Å². The van der Waals surface area contributed by atoms with Crippen molar-refractivity contribution in [3.8, 4) is 0 Å². The first-order valence-electron chi connectivity index (χ1n) is 8.14. The Morgan fingerprint density at radius 2 is 1.70 bits per heavy atom. The average Bonchev–Trinajstić information content (AvgIpc) is 2.35. The van der Waals surface area contributed by atoms with E-state index in [1.165, 1.54) is 26.2 Å². The first kappa shape index (κ1) is 17.9. The van der Waals surface area contributed by atoms with Crippen LogP contribution in [0.25, 0.3) is 0 Å². The number of hydrogen-bond acceptors (Lipinski definition) is 0. The zero-order valence-electron chi connectivity index (χ0n) is 13.3. The van der Waals surface area contributed by atoms with Crippen molar-refractivity contribution in [2.24, 2.45) is 5.41 Å². The predicted octanol–water partition coefficient (Wildman–Crippen LogP) is 6.40. The SMILES string of the molecule is CCCCCCC1(C)[B]CCCC(C)(C(F)(F)F)CC1. The third kappa shape index (κ3) is 5.00. The summed E-state index contributed by atoms with van der Waals surface area (Å²) in [4.78, 5) is 0. The molecule has 1 saturated heterocycles. The molecule has 1 rings (SSSR count). The van der Waals surface area contributed by atoms with Crippen molar-refractivity contribution >= 4 is 7.28 Å². The Hall–Kier alpha value is -0.145. The second kappa shape index (κ2) is 7.22. The molecule has 0 saturated carbocycles. The molecule has 0 nitrogen and oxygen atoms in total. The molecule has 0 aromatic heterocycles. The summed E-state index contributed by atoms with van der Waals surface area (Å²) >= 11 is 0. The minimum atomic E-state index is -4.06. The lowest BCUT2D eigenvalue weighted by Gasteiger charge is -2.39. The van der Waals surface area contributed by atoms with Crippen LogP contribution in [0.3, 0.4) is 0 Å². The van der Waals surface area contributed by atoms with Crippen LogP contribution in [0.15, 0.2) is 0 Å². The molecule has 0 amide bonds. The van der Waals surface area contributed by atoms with E-state index in [1.807, 2.05) is 0 Å². The van der Waals surface area contributed by atoms with E-state index >= 15 is 0 Å².